The number of imidazole rings is 1. The Hall–Kier alpha value is -1.47. The molecule has 0 aliphatic carbocycles. The number of H-pyrrole nitrogens is 1. The molecule has 0 saturated heterocycles. The Bertz CT molecular complexity index is 844. The van der Waals surface area contributed by atoms with Crippen molar-refractivity contribution in [3.8, 4) is 11.1 Å². The van der Waals surface area contributed by atoms with Crippen molar-refractivity contribution in [1.29, 1.82) is 0 Å². The molecule has 0 bridgehead atoms. The van der Waals surface area contributed by atoms with Crippen LogP contribution in [-0.2, 0) is 31.8 Å². The summed E-state index contributed by atoms with van der Waals surface area (Å²) in [6.45, 7) is 0. The molecule has 0 aliphatic rings. The third-order valence-corrected chi connectivity index (χ3v) is 3.51. The van der Waals surface area contributed by atoms with Gasteiger partial charge in [-0.3, -0.25) is 4.55 Å². The first-order valence-electron chi connectivity index (χ1n) is 5.57. The molecule has 2 aromatic carbocycles. The summed E-state index contributed by atoms with van der Waals surface area (Å²) in [5.74, 6) is 0. The van der Waals surface area contributed by atoms with Gasteiger partial charge in [-0.2, -0.15) is 8.42 Å². The predicted molar refractivity (Wildman–Crippen MR) is 71.3 cm³/mol. The summed E-state index contributed by atoms with van der Waals surface area (Å²) in [5, 5.41) is -0.439. The van der Waals surface area contributed by atoms with Gasteiger partial charge in [-0.15, -0.1) is 0 Å². The van der Waals surface area contributed by atoms with Gasteiger partial charge in [0.15, 0.2) is 0 Å². The van der Waals surface area contributed by atoms with Crippen LogP contribution in [-0.4, -0.2) is 22.9 Å². The van der Waals surface area contributed by atoms with Crippen molar-refractivity contribution in [3.63, 3.8) is 0 Å². The van der Waals surface area contributed by atoms with Crippen molar-refractivity contribution in [1.82, 2.24) is 9.97 Å². The number of benzene rings is 2. The van der Waals surface area contributed by atoms with E-state index in [1.165, 1.54) is 0 Å². The molecule has 5 nitrogen and oxygen atoms in total. The summed E-state index contributed by atoms with van der Waals surface area (Å²) in [6.07, 6.45) is 0. The van der Waals surface area contributed by atoms with E-state index in [1.807, 2.05) is 36.4 Å². The molecule has 0 atom stereocenters. The smallest absolute Gasteiger partial charge is 0.326 e. The molecule has 3 rings (SSSR count). The van der Waals surface area contributed by atoms with Crippen LogP contribution in [0.15, 0.2) is 53.7 Å². The van der Waals surface area contributed by atoms with E-state index in [2.05, 4.69) is 9.97 Å². The fourth-order valence-electron chi connectivity index (χ4n) is 1.99. The van der Waals surface area contributed by atoms with Crippen molar-refractivity contribution in [2.75, 3.05) is 0 Å². The minimum absolute atomic E-state index is 0. The van der Waals surface area contributed by atoms with Crippen LogP contribution in [0.3, 0.4) is 0 Å². The van der Waals surface area contributed by atoms with E-state index in [4.69, 9.17) is 4.55 Å². The van der Waals surface area contributed by atoms with Crippen LogP contribution in [0.1, 0.15) is 0 Å². The molecule has 0 fully saturated rings. The summed E-state index contributed by atoms with van der Waals surface area (Å²) in [4.78, 5) is 6.53. The Morgan fingerprint density at radius 2 is 1.70 bits per heavy atom. The van der Waals surface area contributed by atoms with Crippen molar-refractivity contribution in [2.24, 2.45) is 0 Å². The number of hydrogen-bond acceptors (Lipinski definition) is 3. The van der Waals surface area contributed by atoms with E-state index >= 15 is 0 Å². The van der Waals surface area contributed by atoms with Crippen LogP contribution in [0.25, 0.3) is 22.2 Å². The number of nitrogens with one attached hydrogen (secondary N) is 1. The van der Waals surface area contributed by atoms with Gasteiger partial charge >= 0.3 is 10.1 Å². The molecule has 0 aliphatic heterocycles. The number of fused-ring (bicyclic) bond motifs is 1. The van der Waals surface area contributed by atoms with Gasteiger partial charge in [0, 0.05) is 27.3 Å². The Balaban J connectivity index is 0.00000147. The Morgan fingerprint density at radius 3 is 2.35 bits per heavy atom. The maximum Gasteiger partial charge on any atom is 0.328 e. The van der Waals surface area contributed by atoms with Gasteiger partial charge in [0.25, 0.3) is 5.16 Å². The molecule has 1 aromatic heterocycles. The van der Waals surface area contributed by atoms with Crippen molar-refractivity contribution < 1.29 is 34.7 Å². The van der Waals surface area contributed by atoms with Crippen LogP contribution >= 0.6 is 0 Å². The fourth-order valence-corrected chi connectivity index (χ4v) is 2.43. The summed E-state index contributed by atoms with van der Waals surface area (Å²) in [5.41, 5.74) is 2.86. The van der Waals surface area contributed by atoms with Crippen LogP contribution < -0.4 is 0 Å². The van der Waals surface area contributed by atoms with Gasteiger partial charge in [0.1, 0.15) is 0 Å². The zero-order chi connectivity index (χ0) is 13.5. The van der Waals surface area contributed by atoms with Crippen molar-refractivity contribution in [2.45, 2.75) is 5.16 Å². The molecule has 0 radical (unpaired) electrons. The molecular formula is C13H10N2O3STi. The monoisotopic (exact) mass is 322 g/mol. The molecular weight excluding hydrogens is 312 g/mol. The van der Waals surface area contributed by atoms with Crippen LogP contribution in [0.2, 0.25) is 0 Å². The zero-order valence-corrected chi connectivity index (χ0v) is 12.6. The molecule has 2 N–H and O–H groups in total. The first kappa shape index (κ1) is 14.9. The first-order chi connectivity index (χ1) is 9.05. The number of hydrogen-bond donors (Lipinski definition) is 2. The standard InChI is InChI=1S/C13H10N2O3S.Ti/c16-19(17,18)13-14-11-8-4-7-10(12(11)15-13)9-5-2-1-3-6-9;/h1-8H,(H,14,15)(H,16,17,18);. The number of para-hydroxylation sites is 1. The van der Waals surface area contributed by atoms with Gasteiger partial charge in [-0.1, -0.05) is 42.5 Å². The summed E-state index contributed by atoms with van der Waals surface area (Å²) in [7, 11) is -4.33. The average molecular weight is 322 g/mol. The quantitative estimate of drug-likeness (QED) is 0.561. The van der Waals surface area contributed by atoms with Crippen molar-refractivity contribution in [3.05, 3.63) is 48.5 Å². The maximum atomic E-state index is 11.1. The van der Waals surface area contributed by atoms with Crippen LogP contribution in [0, 0.1) is 0 Å². The van der Waals surface area contributed by atoms with Gasteiger partial charge in [0.2, 0.25) is 0 Å². The number of aromatic amines is 1. The molecule has 0 unspecified atom stereocenters. The number of aromatic nitrogens is 2. The average Bonchev–Trinajstić information content (AvgIpc) is 2.83. The summed E-state index contributed by atoms with van der Waals surface area (Å²) in [6, 6.07) is 14.9. The molecule has 100 valence electrons. The van der Waals surface area contributed by atoms with Gasteiger partial charge in [-0.05, 0) is 11.6 Å². The third-order valence-electron chi connectivity index (χ3n) is 2.83. The SMILES string of the molecule is O=S(=O)(O)c1nc2cccc(-c3ccccc3)c2[nH]1.[Ti]. The summed E-state index contributed by atoms with van der Waals surface area (Å²) < 4.78 is 31.3. The van der Waals surface area contributed by atoms with E-state index in [0.717, 1.165) is 11.1 Å². The molecule has 3 aromatic rings. The van der Waals surface area contributed by atoms with Gasteiger partial charge in [0.05, 0.1) is 11.0 Å². The predicted octanol–water partition coefficient (Wildman–Crippen LogP) is 2.47. The second-order valence-electron chi connectivity index (χ2n) is 4.08. The fraction of sp³-hybridized carbons (Fsp3) is 0. The maximum absolute atomic E-state index is 11.1. The molecule has 0 saturated carbocycles. The Morgan fingerprint density at radius 1 is 1.00 bits per heavy atom. The second-order valence-corrected chi connectivity index (χ2v) is 5.42. The van der Waals surface area contributed by atoms with E-state index < -0.39 is 15.3 Å². The third kappa shape index (κ3) is 2.69. The molecule has 1 heterocycles. The Kier molecular flexibility index (Phi) is 4.10. The molecule has 0 spiro atoms. The molecule has 7 heteroatoms. The largest absolute Gasteiger partial charge is 0.328 e. The Labute approximate surface area is 130 Å². The summed E-state index contributed by atoms with van der Waals surface area (Å²) >= 11 is 0. The van der Waals surface area contributed by atoms with E-state index in [0.29, 0.717) is 11.0 Å². The van der Waals surface area contributed by atoms with E-state index in [-0.39, 0.29) is 21.7 Å². The topological polar surface area (TPSA) is 83.1 Å². The first-order valence-corrected chi connectivity index (χ1v) is 7.01. The van der Waals surface area contributed by atoms with E-state index in [1.54, 1.807) is 12.1 Å². The van der Waals surface area contributed by atoms with Crippen LogP contribution in [0.5, 0.6) is 0 Å². The van der Waals surface area contributed by atoms with Crippen LogP contribution in [0.4, 0.5) is 0 Å². The number of nitrogens with zero attached hydrogens (tertiary/aromatic N) is 1. The van der Waals surface area contributed by atoms with Crippen molar-refractivity contribution >= 4 is 21.2 Å². The minimum Gasteiger partial charge on any atom is -0.326 e. The molecule has 20 heavy (non-hydrogen) atoms. The van der Waals surface area contributed by atoms with Gasteiger partial charge < -0.3 is 4.98 Å². The number of rotatable bonds is 2. The normalized spacial score (nSPS) is 11.2. The minimum atomic E-state index is -4.33. The zero-order valence-electron chi connectivity index (χ0n) is 10.2. The van der Waals surface area contributed by atoms with Gasteiger partial charge in [-0.25, -0.2) is 4.98 Å². The van der Waals surface area contributed by atoms with E-state index in [9.17, 15) is 8.42 Å². The second kappa shape index (κ2) is 5.50. The molecule has 0 amide bonds.